The number of aliphatic hydroxyl groups is 1. The highest BCUT2D eigenvalue weighted by molar-refractivity contribution is 6.85. The third-order valence-corrected chi connectivity index (χ3v) is 0.305. The van der Waals surface area contributed by atoms with E-state index >= 15 is 0 Å². The monoisotopic (exact) mass is 83.0 g/mol. The molecule has 4 heteroatoms. The number of hydrogen-bond acceptors (Lipinski definition) is 2. The van der Waals surface area contributed by atoms with Gasteiger partial charge in [0, 0.05) is 0 Å². The molecule has 0 aliphatic rings. The van der Waals surface area contributed by atoms with Gasteiger partial charge in [-0.25, -0.2) is 0 Å². The Labute approximate surface area is 39.2 Å². The zero-order valence-electron chi connectivity index (χ0n) is 3.42. The van der Waals surface area contributed by atoms with Crippen LogP contribution >= 0.6 is 0 Å². The summed E-state index contributed by atoms with van der Waals surface area (Å²) in [4.78, 5) is 0. The average molecular weight is 82.7 g/mol. The molecule has 0 rings (SSSR count). The standard InChI is InChI=1S/C2H5B2O2/c3-4-6-2-1-5/h5H,1-2H2. The third-order valence-electron chi connectivity index (χ3n) is 0.305. The quantitative estimate of drug-likeness (QED) is 0.339. The minimum atomic E-state index is 0.0215. The maximum Gasteiger partial charge on any atom is 0.230 e. The lowest BCUT2D eigenvalue weighted by Crippen LogP contribution is -2.02. The molecule has 0 aliphatic carbocycles. The minimum Gasteiger partial charge on any atom is -0.450 e. The fraction of sp³-hybridized carbons (Fsp3) is 1.00. The normalized spacial score (nSPS) is 8.17. The topological polar surface area (TPSA) is 29.5 Å². The van der Waals surface area contributed by atoms with Crippen LogP contribution < -0.4 is 0 Å². The second-order valence-electron chi connectivity index (χ2n) is 0.730. The Hall–Kier alpha value is 0.0499. The summed E-state index contributed by atoms with van der Waals surface area (Å²) in [7, 11) is 5.81. The van der Waals surface area contributed by atoms with E-state index in [0.717, 1.165) is 7.37 Å². The van der Waals surface area contributed by atoms with E-state index in [1.165, 1.54) is 0 Å². The van der Waals surface area contributed by atoms with E-state index in [0.29, 0.717) is 0 Å². The van der Waals surface area contributed by atoms with Crippen LogP contribution in [0.2, 0.25) is 0 Å². The summed E-state index contributed by atoms with van der Waals surface area (Å²) in [6.45, 7) is 0.310. The van der Waals surface area contributed by atoms with Gasteiger partial charge >= 0.3 is 0 Å². The molecule has 0 aromatic rings. The van der Waals surface area contributed by atoms with Crippen molar-refractivity contribution in [2.24, 2.45) is 0 Å². The molecule has 0 aromatic carbocycles. The second-order valence-corrected chi connectivity index (χ2v) is 0.730. The Balaban J connectivity index is 2.34. The van der Waals surface area contributed by atoms with E-state index < -0.39 is 0 Å². The predicted octanol–water partition coefficient (Wildman–Crippen LogP) is -1.30. The van der Waals surface area contributed by atoms with Gasteiger partial charge < -0.3 is 9.76 Å². The van der Waals surface area contributed by atoms with E-state index in [-0.39, 0.29) is 13.2 Å². The molecular formula is C2H5B2O2. The molecule has 0 spiro atoms. The van der Waals surface area contributed by atoms with Crippen molar-refractivity contribution in [3.05, 3.63) is 0 Å². The van der Waals surface area contributed by atoms with E-state index in [4.69, 9.17) is 12.8 Å². The fourth-order valence-electron chi connectivity index (χ4n) is 0.121. The first kappa shape index (κ1) is 6.05. The Bertz CT molecular complexity index is 21.5. The van der Waals surface area contributed by atoms with Crippen LogP contribution in [0.15, 0.2) is 0 Å². The molecule has 0 bridgehead atoms. The summed E-state index contributed by atoms with van der Waals surface area (Å²) in [6.07, 6.45) is 0. The fourth-order valence-corrected chi connectivity index (χ4v) is 0.121. The lowest BCUT2D eigenvalue weighted by molar-refractivity contribution is 0.210. The largest absolute Gasteiger partial charge is 0.450 e. The van der Waals surface area contributed by atoms with Crippen LogP contribution in [0.4, 0.5) is 0 Å². The molecule has 0 aliphatic heterocycles. The van der Waals surface area contributed by atoms with Crippen LogP contribution in [-0.4, -0.2) is 33.4 Å². The summed E-state index contributed by atoms with van der Waals surface area (Å²) >= 11 is 0. The maximum absolute atomic E-state index is 8.00. The van der Waals surface area contributed by atoms with E-state index in [2.05, 4.69) is 4.65 Å². The van der Waals surface area contributed by atoms with E-state index in [9.17, 15) is 0 Å². The van der Waals surface area contributed by atoms with Crippen LogP contribution in [0.3, 0.4) is 0 Å². The molecular weight excluding hydrogens is 77.6 g/mol. The minimum absolute atomic E-state index is 0.0215. The lowest BCUT2D eigenvalue weighted by atomic mass is 9.72. The van der Waals surface area contributed by atoms with Crippen molar-refractivity contribution in [3.8, 4) is 0 Å². The first-order valence-electron chi connectivity index (χ1n) is 1.67. The highest BCUT2D eigenvalue weighted by Gasteiger charge is 1.76. The second kappa shape index (κ2) is 5.05. The van der Waals surface area contributed by atoms with Crippen LogP contribution in [0.5, 0.6) is 0 Å². The van der Waals surface area contributed by atoms with Gasteiger partial charge in [-0.05, 0) is 0 Å². The van der Waals surface area contributed by atoms with Gasteiger partial charge in [0.05, 0.1) is 21.0 Å². The SMILES string of the molecule is [B][B]OCCO. The molecule has 0 aromatic heterocycles. The van der Waals surface area contributed by atoms with Crippen LogP contribution in [0, 0.1) is 0 Å². The van der Waals surface area contributed by atoms with Gasteiger partial charge in [-0.2, -0.15) is 0 Å². The van der Waals surface area contributed by atoms with Crippen molar-refractivity contribution < 1.29 is 9.76 Å². The molecule has 0 saturated carbocycles. The van der Waals surface area contributed by atoms with Gasteiger partial charge in [-0.3, -0.25) is 0 Å². The molecule has 6 heavy (non-hydrogen) atoms. The Morgan fingerprint density at radius 2 is 2.50 bits per heavy atom. The molecule has 0 amide bonds. The summed E-state index contributed by atoms with van der Waals surface area (Å²) < 4.78 is 4.39. The molecule has 0 atom stereocenters. The van der Waals surface area contributed by atoms with Gasteiger partial charge in [0.1, 0.15) is 0 Å². The summed E-state index contributed by atoms with van der Waals surface area (Å²) in [6, 6.07) is 0. The van der Waals surface area contributed by atoms with Gasteiger partial charge in [0.15, 0.2) is 0 Å². The van der Waals surface area contributed by atoms with Gasteiger partial charge in [0.2, 0.25) is 7.37 Å². The summed E-state index contributed by atoms with van der Waals surface area (Å²) in [5.41, 5.74) is 0. The van der Waals surface area contributed by atoms with E-state index in [1.807, 2.05) is 0 Å². The van der Waals surface area contributed by atoms with Crippen molar-refractivity contribution in [1.29, 1.82) is 0 Å². The van der Waals surface area contributed by atoms with Crippen molar-refractivity contribution in [1.82, 2.24) is 0 Å². The predicted molar refractivity (Wildman–Crippen MR) is 24.5 cm³/mol. The van der Waals surface area contributed by atoms with Gasteiger partial charge in [-0.1, -0.05) is 0 Å². The zero-order chi connectivity index (χ0) is 4.83. The highest BCUT2D eigenvalue weighted by atomic mass is 16.4. The van der Waals surface area contributed by atoms with Crippen molar-refractivity contribution in [3.63, 3.8) is 0 Å². The molecule has 0 heterocycles. The van der Waals surface area contributed by atoms with Crippen molar-refractivity contribution in [2.45, 2.75) is 0 Å². The average Bonchev–Trinajstić information content (AvgIpc) is 1.61. The van der Waals surface area contributed by atoms with Crippen LogP contribution in [0.25, 0.3) is 0 Å². The van der Waals surface area contributed by atoms with Crippen molar-refractivity contribution in [2.75, 3.05) is 13.2 Å². The number of hydrogen-bond donors (Lipinski definition) is 1. The number of rotatable bonds is 3. The van der Waals surface area contributed by atoms with Crippen LogP contribution in [-0.2, 0) is 4.65 Å². The molecule has 0 unspecified atom stereocenters. The van der Waals surface area contributed by atoms with Gasteiger partial charge in [-0.15, -0.1) is 0 Å². The third kappa shape index (κ3) is 4.05. The number of aliphatic hydroxyl groups excluding tert-OH is 1. The van der Waals surface area contributed by atoms with E-state index in [1.54, 1.807) is 0 Å². The maximum atomic E-state index is 8.00. The molecule has 0 saturated heterocycles. The first-order valence-corrected chi connectivity index (χ1v) is 1.67. The molecule has 3 radical (unpaired) electrons. The molecule has 31 valence electrons. The smallest absolute Gasteiger partial charge is 0.230 e. The molecule has 0 fully saturated rings. The zero-order valence-corrected chi connectivity index (χ0v) is 3.42. The van der Waals surface area contributed by atoms with Gasteiger partial charge in [0.25, 0.3) is 0 Å². The summed E-state index contributed by atoms with van der Waals surface area (Å²) in [5, 5.41) is 8.00. The molecule has 2 nitrogen and oxygen atoms in total. The first-order chi connectivity index (χ1) is 2.91. The Morgan fingerprint density at radius 1 is 1.83 bits per heavy atom. The van der Waals surface area contributed by atoms with Crippen LogP contribution in [0.1, 0.15) is 0 Å². The highest BCUT2D eigenvalue weighted by Crippen LogP contribution is 1.60. The summed E-state index contributed by atoms with van der Waals surface area (Å²) in [5.74, 6) is 0. The molecule has 1 N–H and O–H groups in total. The lowest BCUT2D eigenvalue weighted by Gasteiger charge is -1.90. The van der Waals surface area contributed by atoms with Crippen molar-refractivity contribution >= 4 is 15.1 Å². The Kier molecular flexibility index (Phi) is 5.09. The Morgan fingerprint density at radius 3 is 2.67 bits per heavy atom.